The normalized spacial score (nSPS) is 16.2. The Morgan fingerprint density at radius 3 is 2.40 bits per heavy atom. The Balaban J connectivity index is 1.70. The zero-order valence-corrected chi connectivity index (χ0v) is 15.8. The quantitative estimate of drug-likeness (QED) is 0.473. The summed E-state index contributed by atoms with van der Waals surface area (Å²) in [5.41, 5.74) is 1.43. The van der Waals surface area contributed by atoms with E-state index in [4.69, 9.17) is 0 Å². The Labute approximate surface area is 151 Å². The van der Waals surface area contributed by atoms with Gasteiger partial charge in [-0.05, 0) is 30.7 Å². The third kappa shape index (κ3) is 6.40. The lowest BCUT2D eigenvalue weighted by Gasteiger charge is -2.34. The zero-order valence-electron chi connectivity index (χ0n) is 15.8. The van der Waals surface area contributed by atoms with Crippen LogP contribution in [-0.4, -0.2) is 50.0 Å². The molecule has 2 N–H and O–H groups in total. The number of carbonyl (C=O) groups is 1. The minimum atomic E-state index is 0.0305. The van der Waals surface area contributed by atoms with Gasteiger partial charge in [0.2, 0.25) is 5.91 Å². The number of hydrogen-bond acceptors (Lipinski definition) is 2. The van der Waals surface area contributed by atoms with Gasteiger partial charge in [0.05, 0.1) is 0 Å². The molecule has 0 atom stereocenters. The van der Waals surface area contributed by atoms with Crippen LogP contribution in [0.15, 0.2) is 35.3 Å². The van der Waals surface area contributed by atoms with E-state index in [1.807, 2.05) is 20.9 Å². The van der Waals surface area contributed by atoms with Crippen LogP contribution >= 0.6 is 0 Å². The van der Waals surface area contributed by atoms with Crippen molar-refractivity contribution in [1.82, 2.24) is 15.5 Å². The number of piperidine rings is 1. The Bertz CT molecular complexity index is 548. The molecular weight excluding hydrogens is 312 g/mol. The van der Waals surface area contributed by atoms with Gasteiger partial charge in [-0.15, -0.1) is 0 Å². The van der Waals surface area contributed by atoms with Crippen LogP contribution in [-0.2, 0) is 11.2 Å². The lowest BCUT2D eigenvalue weighted by molar-refractivity contribution is -0.123. The first kappa shape index (κ1) is 19.3. The molecule has 0 aliphatic carbocycles. The van der Waals surface area contributed by atoms with Crippen LogP contribution < -0.4 is 10.6 Å². The molecule has 1 amide bonds. The smallest absolute Gasteiger partial charge is 0.222 e. The van der Waals surface area contributed by atoms with E-state index in [2.05, 4.69) is 50.9 Å². The highest BCUT2D eigenvalue weighted by Crippen LogP contribution is 2.21. The van der Waals surface area contributed by atoms with Crippen LogP contribution in [0.4, 0.5) is 0 Å². The third-order valence-electron chi connectivity index (χ3n) is 4.72. The van der Waals surface area contributed by atoms with Crippen LogP contribution in [0.3, 0.4) is 0 Å². The predicted octanol–water partition coefficient (Wildman–Crippen LogP) is 2.29. The Morgan fingerprint density at radius 2 is 1.80 bits per heavy atom. The van der Waals surface area contributed by atoms with E-state index in [9.17, 15) is 4.79 Å². The fourth-order valence-electron chi connectivity index (χ4n) is 3.19. The third-order valence-corrected chi connectivity index (χ3v) is 4.72. The van der Waals surface area contributed by atoms with Crippen LogP contribution in [0.1, 0.15) is 32.3 Å². The number of aliphatic imine (C=N–C) groups is 1. The average molecular weight is 345 g/mol. The number of benzene rings is 1. The van der Waals surface area contributed by atoms with Crippen molar-refractivity contribution in [1.29, 1.82) is 0 Å². The van der Waals surface area contributed by atoms with Crippen molar-refractivity contribution >= 4 is 11.9 Å². The molecule has 1 aliphatic rings. The van der Waals surface area contributed by atoms with Crippen molar-refractivity contribution < 1.29 is 4.79 Å². The van der Waals surface area contributed by atoms with Gasteiger partial charge >= 0.3 is 0 Å². The first-order valence-corrected chi connectivity index (χ1v) is 9.37. The van der Waals surface area contributed by atoms with Crippen molar-refractivity contribution in [2.24, 2.45) is 16.8 Å². The van der Waals surface area contributed by atoms with Gasteiger partial charge in [-0.2, -0.15) is 0 Å². The Morgan fingerprint density at radius 1 is 1.16 bits per heavy atom. The van der Waals surface area contributed by atoms with Gasteiger partial charge in [-0.1, -0.05) is 44.2 Å². The van der Waals surface area contributed by atoms with Crippen molar-refractivity contribution in [2.75, 3.05) is 33.2 Å². The summed E-state index contributed by atoms with van der Waals surface area (Å²) < 4.78 is 0. The van der Waals surface area contributed by atoms with Crippen molar-refractivity contribution in [3.8, 4) is 0 Å². The average Bonchev–Trinajstić information content (AvgIpc) is 2.63. The molecule has 2 rings (SSSR count). The zero-order chi connectivity index (χ0) is 18.1. The lowest BCUT2D eigenvalue weighted by atomic mass is 9.90. The summed E-state index contributed by atoms with van der Waals surface area (Å²) in [4.78, 5) is 18.3. The molecule has 1 aromatic carbocycles. The van der Waals surface area contributed by atoms with Crippen molar-refractivity contribution in [3.63, 3.8) is 0 Å². The molecule has 1 aliphatic heterocycles. The molecular formula is C20H32N4O. The maximum atomic E-state index is 11.6. The summed E-state index contributed by atoms with van der Waals surface area (Å²) in [5, 5.41) is 6.28. The number of nitrogens with zero attached hydrogens (tertiary/aromatic N) is 2. The van der Waals surface area contributed by atoms with Gasteiger partial charge in [0.25, 0.3) is 0 Å². The second-order valence-electron chi connectivity index (χ2n) is 7.04. The molecule has 25 heavy (non-hydrogen) atoms. The Hall–Kier alpha value is -2.04. The standard InChI is InChI=1S/C20H32N4O/c1-16(2)19(25)22-11-12-23-20(21-3)24-13-9-18(10-14-24)15-17-7-5-4-6-8-17/h4-8,16,18H,9-15H2,1-3H3,(H,21,23)(H,22,25). The van der Waals surface area contributed by atoms with Crippen molar-refractivity contribution in [2.45, 2.75) is 33.1 Å². The second kappa shape index (κ2) is 10.1. The molecule has 0 saturated carbocycles. The van der Waals surface area contributed by atoms with Crippen LogP contribution in [0, 0.1) is 11.8 Å². The fraction of sp³-hybridized carbons (Fsp3) is 0.600. The van der Waals surface area contributed by atoms with E-state index in [1.165, 1.54) is 24.8 Å². The summed E-state index contributed by atoms with van der Waals surface area (Å²) in [5.74, 6) is 1.82. The largest absolute Gasteiger partial charge is 0.354 e. The van der Waals surface area contributed by atoms with Crippen LogP contribution in [0.2, 0.25) is 0 Å². The topological polar surface area (TPSA) is 56.7 Å². The van der Waals surface area contributed by atoms with Gasteiger partial charge in [0.1, 0.15) is 0 Å². The highest BCUT2D eigenvalue weighted by atomic mass is 16.1. The van der Waals surface area contributed by atoms with Gasteiger partial charge in [0, 0.05) is 39.1 Å². The SMILES string of the molecule is CN=C(NCCNC(=O)C(C)C)N1CCC(Cc2ccccc2)CC1. The second-order valence-corrected chi connectivity index (χ2v) is 7.04. The van der Waals surface area contributed by atoms with E-state index in [0.717, 1.165) is 25.0 Å². The molecule has 0 radical (unpaired) electrons. The number of nitrogens with one attached hydrogen (secondary N) is 2. The fourth-order valence-corrected chi connectivity index (χ4v) is 3.19. The van der Waals surface area contributed by atoms with E-state index >= 15 is 0 Å². The van der Waals surface area contributed by atoms with E-state index in [1.54, 1.807) is 0 Å². The minimum Gasteiger partial charge on any atom is -0.354 e. The molecule has 138 valence electrons. The summed E-state index contributed by atoms with van der Waals surface area (Å²) in [6.45, 7) is 7.21. The highest BCUT2D eigenvalue weighted by Gasteiger charge is 2.21. The van der Waals surface area contributed by atoms with Gasteiger partial charge < -0.3 is 15.5 Å². The number of guanidine groups is 1. The Kier molecular flexibility index (Phi) is 7.76. The predicted molar refractivity (Wildman–Crippen MR) is 104 cm³/mol. The molecule has 0 spiro atoms. The van der Waals surface area contributed by atoms with Gasteiger partial charge in [0.15, 0.2) is 5.96 Å². The highest BCUT2D eigenvalue weighted by molar-refractivity contribution is 5.80. The van der Waals surface area contributed by atoms with Gasteiger partial charge in [-0.3, -0.25) is 9.79 Å². The summed E-state index contributed by atoms with van der Waals surface area (Å²) in [6, 6.07) is 10.8. The molecule has 1 heterocycles. The molecule has 0 aromatic heterocycles. The maximum absolute atomic E-state index is 11.6. The van der Waals surface area contributed by atoms with Crippen molar-refractivity contribution in [3.05, 3.63) is 35.9 Å². The molecule has 5 nitrogen and oxygen atoms in total. The summed E-state index contributed by atoms with van der Waals surface area (Å²) in [6.07, 6.45) is 3.56. The molecule has 0 unspecified atom stereocenters. The monoisotopic (exact) mass is 344 g/mol. The number of likely N-dealkylation sites (tertiary alicyclic amines) is 1. The van der Waals surface area contributed by atoms with Crippen LogP contribution in [0.5, 0.6) is 0 Å². The molecule has 1 fully saturated rings. The molecule has 5 heteroatoms. The number of carbonyl (C=O) groups excluding carboxylic acids is 1. The minimum absolute atomic E-state index is 0.0305. The van der Waals surface area contributed by atoms with E-state index in [-0.39, 0.29) is 11.8 Å². The first-order chi connectivity index (χ1) is 12.1. The molecule has 1 aromatic rings. The lowest BCUT2D eigenvalue weighted by Crippen LogP contribution is -2.47. The van der Waals surface area contributed by atoms with Crippen LogP contribution in [0.25, 0.3) is 0 Å². The number of rotatable bonds is 6. The van der Waals surface area contributed by atoms with Gasteiger partial charge in [-0.25, -0.2) is 0 Å². The summed E-state index contributed by atoms with van der Waals surface area (Å²) >= 11 is 0. The molecule has 0 bridgehead atoms. The number of hydrogen-bond donors (Lipinski definition) is 2. The van der Waals surface area contributed by atoms with E-state index < -0.39 is 0 Å². The summed E-state index contributed by atoms with van der Waals surface area (Å²) in [7, 11) is 1.82. The number of amides is 1. The maximum Gasteiger partial charge on any atom is 0.222 e. The van der Waals surface area contributed by atoms with E-state index in [0.29, 0.717) is 13.1 Å². The first-order valence-electron chi connectivity index (χ1n) is 9.37. The molecule has 1 saturated heterocycles.